The van der Waals surface area contributed by atoms with Crippen molar-refractivity contribution in [3.8, 4) is 5.75 Å². The molecule has 2 amide bonds. The molecule has 1 fully saturated rings. The van der Waals surface area contributed by atoms with Gasteiger partial charge >= 0.3 is 11.8 Å². The molecular formula is C21H25N7O3. The predicted octanol–water partition coefficient (Wildman–Crippen LogP) is 2.19. The van der Waals surface area contributed by atoms with E-state index in [1.807, 2.05) is 13.0 Å². The van der Waals surface area contributed by atoms with E-state index in [1.165, 1.54) is 12.4 Å². The van der Waals surface area contributed by atoms with Crippen LogP contribution in [-0.4, -0.2) is 50.5 Å². The van der Waals surface area contributed by atoms with Gasteiger partial charge in [0.05, 0.1) is 47.8 Å². The zero-order valence-electron chi connectivity index (χ0n) is 17.7. The highest BCUT2D eigenvalue weighted by Gasteiger charge is 2.35. The first-order valence-corrected chi connectivity index (χ1v) is 10.1. The largest absolute Gasteiger partial charge is 0.495 e. The summed E-state index contributed by atoms with van der Waals surface area (Å²) in [5.41, 5.74) is 8.32. The molecule has 4 N–H and O–H groups in total. The van der Waals surface area contributed by atoms with Gasteiger partial charge in [0.1, 0.15) is 11.6 Å². The Labute approximate surface area is 179 Å². The van der Waals surface area contributed by atoms with E-state index in [9.17, 15) is 9.59 Å². The van der Waals surface area contributed by atoms with E-state index in [-0.39, 0.29) is 12.0 Å². The number of nitrogen functional groups attached to an aromatic ring is 1. The molecule has 10 heteroatoms. The van der Waals surface area contributed by atoms with Gasteiger partial charge in [-0.3, -0.25) is 19.7 Å². The van der Waals surface area contributed by atoms with E-state index >= 15 is 0 Å². The molecule has 31 heavy (non-hydrogen) atoms. The zero-order chi connectivity index (χ0) is 22.1. The van der Waals surface area contributed by atoms with Crippen molar-refractivity contribution in [1.29, 1.82) is 0 Å². The van der Waals surface area contributed by atoms with Crippen LogP contribution in [0.1, 0.15) is 37.1 Å². The number of methoxy groups -OCH3 is 1. The van der Waals surface area contributed by atoms with Gasteiger partial charge in [-0.1, -0.05) is 6.92 Å². The lowest BCUT2D eigenvalue weighted by atomic mass is 9.90. The topological polar surface area (TPSA) is 139 Å². The van der Waals surface area contributed by atoms with Crippen molar-refractivity contribution in [2.45, 2.75) is 32.7 Å². The Kier molecular flexibility index (Phi) is 5.45. The Morgan fingerprint density at radius 1 is 1.26 bits per heavy atom. The number of piperidine rings is 1. The number of aryl methyl sites for hydroxylation is 1. The molecule has 4 heterocycles. The summed E-state index contributed by atoms with van der Waals surface area (Å²) in [6, 6.07) is 1.63. The first-order valence-electron chi connectivity index (χ1n) is 10.1. The monoisotopic (exact) mass is 423 g/mol. The number of fused-ring (bicyclic) bond motifs is 1. The highest BCUT2D eigenvalue weighted by Crippen LogP contribution is 2.35. The normalized spacial score (nSPS) is 18.7. The third-order valence-electron chi connectivity index (χ3n) is 5.70. The lowest BCUT2D eigenvalue weighted by Gasteiger charge is -2.38. The van der Waals surface area contributed by atoms with Crippen LogP contribution in [0.3, 0.4) is 0 Å². The SMILES string of the molecule is COc1cc(C2CCC(C)CN2C(=O)C(=O)Nc2cnc(N)c3cn[nH]c23)cnc1C. The maximum atomic E-state index is 13.2. The average molecular weight is 423 g/mol. The number of hydrogen-bond acceptors (Lipinski definition) is 7. The smallest absolute Gasteiger partial charge is 0.314 e. The van der Waals surface area contributed by atoms with Crippen molar-refractivity contribution < 1.29 is 14.3 Å². The van der Waals surface area contributed by atoms with Crippen LogP contribution in [0, 0.1) is 12.8 Å². The maximum absolute atomic E-state index is 13.2. The molecule has 0 saturated carbocycles. The van der Waals surface area contributed by atoms with E-state index in [0.717, 1.165) is 24.1 Å². The van der Waals surface area contributed by atoms with Crippen molar-refractivity contribution >= 4 is 34.2 Å². The highest BCUT2D eigenvalue weighted by atomic mass is 16.5. The Morgan fingerprint density at radius 3 is 2.84 bits per heavy atom. The van der Waals surface area contributed by atoms with E-state index in [1.54, 1.807) is 18.2 Å². The van der Waals surface area contributed by atoms with Crippen LogP contribution in [0.2, 0.25) is 0 Å². The number of aromatic amines is 1. The molecule has 0 spiro atoms. The standard InChI is InChI=1S/C21H25N7O3/c1-11-4-5-16(13-6-17(31-3)12(2)23-7-13)28(10-11)21(30)20(29)26-15-9-24-19(22)14-8-25-27-18(14)15/h6-9,11,16H,4-5,10H2,1-3H3,(H2,22,24)(H,25,27)(H,26,29). The third-order valence-corrected chi connectivity index (χ3v) is 5.70. The summed E-state index contributed by atoms with van der Waals surface area (Å²) in [6.45, 7) is 4.41. The predicted molar refractivity (Wildman–Crippen MR) is 115 cm³/mol. The van der Waals surface area contributed by atoms with Crippen molar-refractivity contribution in [1.82, 2.24) is 25.1 Å². The van der Waals surface area contributed by atoms with Crippen molar-refractivity contribution in [2.24, 2.45) is 5.92 Å². The fraction of sp³-hybridized carbons (Fsp3) is 0.381. The van der Waals surface area contributed by atoms with Crippen LogP contribution in [-0.2, 0) is 9.59 Å². The first-order chi connectivity index (χ1) is 14.9. The van der Waals surface area contributed by atoms with Gasteiger partial charge in [0.15, 0.2) is 0 Å². The fourth-order valence-electron chi connectivity index (χ4n) is 4.00. The van der Waals surface area contributed by atoms with Gasteiger partial charge in [0, 0.05) is 12.7 Å². The summed E-state index contributed by atoms with van der Waals surface area (Å²) >= 11 is 0. The van der Waals surface area contributed by atoms with Crippen LogP contribution in [0.4, 0.5) is 11.5 Å². The molecule has 1 aliphatic rings. The number of nitrogens with one attached hydrogen (secondary N) is 2. The lowest BCUT2D eigenvalue weighted by Crippen LogP contribution is -2.46. The number of carbonyl (C=O) groups excluding carboxylic acids is 2. The van der Waals surface area contributed by atoms with Crippen LogP contribution in [0.5, 0.6) is 5.75 Å². The summed E-state index contributed by atoms with van der Waals surface area (Å²) in [5.74, 6) is -0.124. The number of amides is 2. The number of anilines is 2. The molecule has 2 unspecified atom stereocenters. The number of rotatable bonds is 3. The minimum absolute atomic E-state index is 0.256. The zero-order valence-corrected chi connectivity index (χ0v) is 17.7. The van der Waals surface area contributed by atoms with E-state index in [2.05, 4.69) is 32.4 Å². The number of carbonyl (C=O) groups is 2. The number of ether oxygens (including phenoxy) is 1. The van der Waals surface area contributed by atoms with E-state index in [4.69, 9.17) is 10.5 Å². The molecule has 162 valence electrons. The molecule has 2 atom stereocenters. The minimum Gasteiger partial charge on any atom is -0.495 e. The number of likely N-dealkylation sites (tertiary alicyclic amines) is 1. The van der Waals surface area contributed by atoms with Gasteiger partial charge in [-0.25, -0.2) is 4.98 Å². The third kappa shape index (κ3) is 3.88. The van der Waals surface area contributed by atoms with Crippen LogP contribution in [0.15, 0.2) is 24.7 Å². The van der Waals surface area contributed by atoms with E-state index in [0.29, 0.717) is 34.7 Å². The van der Waals surface area contributed by atoms with Gasteiger partial charge in [0.25, 0.3) is 0 Å². The summed E-state index contributed by atoms with van der Waals surface area (Å²) in [4.78, 5) is 36.1. The molecular weight excluding hydrogens is 398 g/mol. The number of hydrogen-bond donors (Lipinski definition) is 3. The second kappa shape index (κ2) is 8.21. The number of pyridine rings is 2. The maximum Gasteiger partial charge on any atom is 0.314 e. The van der Waals surface area contributed by atoms with Crippen molar-refractivity contribution in [3.05, 3.63) is 35.9 Å². The molecule has 10 nitrogen and oxygen atoms in total. The number of nitrogens with zero attached hydrogens (tertiary/aromatic N) is 4. The van der Waals surface area contributed by atoms with Gasteiger partial charge in [-0.15, -0.1) is 0 Å². The highest BCUT2D eigenvalue weighted by molar-refractivity contribution is 6.40. The Hall–Kier alpha value is -3.69. The van der Waals surface area contributed by atoms with Crippen LogP contribution in [0.25, 0.3) is 10.9 Å². The second-order valence-electron chi connectivity index (χ2n) is 7.88. The molecule has 1 saturated heterocycles. The summed E-state index contributed by atoms with van der Waals surface area (Å²) in [6.07, 6.45) is 6.36. The lowest BCUT2D eigenvalue weighted by molar-refractivity contribution is -0.146. The molecule has 0 radical (unpaired) electrons. The van der Waals surface area contributed by atoms with Crippen molar-refractivity contribution in [2.75, 3.05) is 24.7 Å². The minimum atomic E-state index is -0.742. The summed E-state index contributed by atoms with van der Waals surface area (Å²) in [7, 11) is 1.59. The van der Waals surface area contributed by atoms with Crippen molar-refractivity contribution in [3.63, 3.8) is 0 Å². The number of H-pyrrole nitrogens is 1. The number of aromatic nitrogens is 4. The molecule has 1 aliphatic heterocycles. The fourth-order valence-corrected chi connectivity index (χ4v) is 4.00. The Morgan fingerprint density at radius 2 is 2.06 bits per heavy atom. The molecule has 0 aliphatic carbocycles. The summed E-state index contributed by atoms with van der Waals surface area (Å²) < 4.78 is 5.39. The van der Waals surface area contributed by atoms with Crippen LogP contribution < -0.4 is 15.8 Å². The second-order valence-corrected chi connectivity index (χ2v) is 7.88. The molecule has 3 aromatic rings. The molecule has 0 bridgehead atoms. The van der Waals surface area contributed by atoms with Crippen LogP contribution >= 0.6 is 0 Å². The molecule has 4 rings (SSSR count). The average Bonchev–Trinajstić information content (AvgIpc) is 3.27. The van der Waals surface area contributed by atoms with Gasteiger partial charge in [-0.2, -0.15) is 5.10 Å². The van der Waals surface area contributed by atoms with Gasteiger partial charge < -0.3 is 20.7 Å². The molecule has 3 aromatic heterocycles. The summed E-state index contributed by atoms with van der Waals surface area (Å²) in [5, 5.41) is 9.95. The molecule has 0 aromatic carbocycles. The van der Waals surface area contributed by atoms with Gasteiger partial charge in [-0.05, 0) is 37.3 Å². The van der Waals surface area contributed by atoms with E-state index < -0.39 is 11.8 Å². The quantitative estimate of drug-likeness (QED) is 0.549. The number of nitrogens with two attached hydrogens (primary N) is 1. The first kappa shape index (κ1) is 20.6. The van der Waals surface area contributed by atoms with Gasteiger partial charge in [0.2, 0.25) is 0 Å². The Bertz CT molecular complexity index is 1140. The Balaban J connectivity index is 1.60.